The summed E-state index contributed by atoms with van der Waals surface area (Å²) in [5, 5.41) is 11.1. The van der Waals surface area contributed by atoms with Gasteiger partial charge in [-0.25, -0.2) is 4.39 Å². The van der Waals surface area contributed by atoms with Crippen LogP contribution in [-0.2, 0) is 5.75 Å². The first-order valence-electron chi connectivity index (χ1n) is 7.83. The minimum absolute atomic E-state index is 0.266. The number of halogens is 1. The van der Waals surface area contributed by atoms with Gasteiger partial charge < -0.3 is 9.47 Å². The largest absolute Gasteiger partial charge is 0.497 e. The molecule has 0 radical (unpaired) electrons. The van der Waals surface area contributed by atoms with Crippen LogP contribution in [0.2, 0.25) is 0 Å². The van der Waals surface area contributed by atoms with Gasteiger partial charge in [-0.1, -0.05) is 35.2 Å². The maximum Gasteiger partial charge on any atom is 0.261 e. The number of carbonyl (C=O) groups excluding carboxylic acids is 1. The Labute approximate surface area is 163 Å². The van der Waals surface area contributed by atoms with Crippen molar-refractivity contribution in [3.8, 4) is 11.5 Å². The Kier molecular flexibility index (Phi) is 6.25. The van der Waals surface area contributed by atoms with Crippen molar-refractivity contribution in [3.63, 3.8) is 0 Å². The van der Waals surface area contributed by atoms with Crippen molar-refractivity contribution >= 4 is 34.1 Å². The van der Waals surface area contributed by atoms with Gasteiger partial charge in [-0.05, 0) is 35.9 Å². The van der Waals surface area contributed by atoms with Gasteiger partial charge in [-0.15, -0.1) is 10.2 Å². The van der Waals surface area contributed by atoms with Gasteiger partial charge in [0.2, 0.25) is 5.13 Å². The third kappa shape index (κ3) is 4.95. The van der Waals surface area contributed by atoms with E-state index in [1.54, 1.807) is 30.3 Å². The standard InChI is InChI=1S/C18H16FN3O3S2/c1-24-13-7-8-15(25-2)14(9-13)16(23)20-17-21-22-18(27-17)26-10-11-3-5-12(19)6-4-11/h3-9H,10H2,1-2H3,(H,20,21,23). The highest BCUT2D eigenvalue weighted by Crippen LogP contribution is 2.30. The molecule has 0 saturated carbocycles. The summed E-state index contributed by atoms with van der Waals surface area (Å²) in [5.41, 5.74) is 1.32. The summed E-state index contributed by atoms with van der Waals surface area (Å²) in [6.07, 6.45) is 0. The normalized spacial score (nSPS) is 10.5. The Morgan fingerprint density at radius 1 is 1.15 bits per heavy atom. The molecule has 1 amide bonds. The van der Waals surface area contributed by atoms with Gasteiger partial charge in [0.05, 0.1) is 19.8 Å². The number of hydrogen-bond acceptors (Lipinski definition) is 7. The predicted molar refractivity (Wildman–Crippen MR) is 103 cm³/mol. The fourth-order valence-corrected chi connectivity index (χ4v) is 3.90. The van der Waals surface area contributed by atoms with Crippen LogP contribution in [0.4, 0.5) is 9.52 Å². The molecule has 1 heterocycles. The Morgan fingerprint density at radius 2 is 1.93 bits per heavy atom. The molecule has 0 fully saturated rings. The summed E-state index contributed by atoms with van der Waals surface area (Å²) in [5.74, 6) is 0.985. The van der Waals surface area contributed by atoms with Gasteiger partial charge in [0.1, 0.15) is 17.3 Å². The zero-order valence-corrected chi connectivity index (χ0v) is 16.2. The van der Waals surface area contributed by atoms with Crippen LogP contribution in [0.5, 0.6) is 11.5 Å². The van der Waals surface area contributed by atoms with E-state index in [1.165, 1.54) is 49.5 Å². The molecule has 6 nitrogen and oxygen atoms in total. The Bertz CT molecular complexity index is 932. The lowest BCUT2D eigenvalue weighted by Gasteiger charge is -2.09. The van der Waals surface area contributed by atoms with E-state index in [-0.39, 0.29) is 11.7 Å². The number of rotatable bonds is 7. The van der Waals surface area contributed by atoms with E-state index >= 15 is 0 Å². The molecule has 0 aliphatic rings. The highest BCUT2D eigenvalue weighted by molar-refractivity contribution is 8.00. The number of hydrogen-bond donors (Lipinski definition) is 1. The predicted octanol–water partition coefficient (Wildman–Crippen LogP) is 4.24. The molecule has 140 valence electrons. The molecular formula is C18H16FN3O3S2. The third-order valence-electron chi connectivity index (χ3n) is 3.55. The molecule has 3 rings (SSSR count). The van der Waals surface area contributed by atoms with E-state index in [1.807, 2.05) is 0 Å². The number of nitrogens with zero attached hydrogens (tertiary/aromatic N) is 2. The first-order chi connectivity index (χ1) is 13.1. The minimum Gasteiger partial charge on any atom is -0.497 e. The number of carbonyl (C=O) groups is 1. The number of thioether (sulfide) groups is 1. The van der Waals surface area contributed by atoms with Gasteiger partial charge in [0.25, 0.3) is 5.91 Å². The summed E-state index contributed by atoms with van der Waals surface area (Å²) in [6.45, 7) is 0. The Morgan fingerprint density at radius 3 is 2.63 bits per heavy atom. The number of nitrogens with one attached hydrogen (secondary N) is 1. The molecule has 0 bridgehead atoms. The van der Waals surface area contributed by atoms with Crippen molar-refractivity contribution in [2.45, 2.75) is 10.1 Å². The lowest BCUT2D eigenvalue weighted by atomic mass is 10.2. The molecule has 9 heteroatoms. The highest BCUT2D eigenvalue weighted by atomic mass is 32.2. The van der Waals surface area contributed by atoms with Crippen molar-refractivity contribution in [1.29, 1.82) is 0 Å². The van der Waals surface area contributed by atoms with Crippen LogP contribution in [0.25, 0.3) is 0 Å². The summed E-state index contributed by atoms with van der Waals surface area (Å²) >= 11 is 2.73. The fourth-order valence-electron chi connectivity index (χ4n) is 2.20. The first kappa shape index (κ1) is 19.1. The van der Waals surface area contributed by atoms with Crippen LogP contribution in [0.3, 0.4) is 0 Å². The maximum absolute atomic E-state index is 12.9. The average molecular weight is 405 g/mol. The summed E-state index contributed by atoms with van der Waals surface area (Å²) in [7, 11) is 3.02. The van der Waals surface area contributed by atoms with Crippen LogP contribution >= 0.6 is 23.1 Å². The fraction of sp³-hybridized carbons (Fsp3) is 0.167. The Hall–Kier alpha value is -2.65. The number of benzene rings is 2. The minimum atomic E-state index is -0.364. The third-order valence-corrected chi connectivity index (χ3v) is 5.60. The van der Waals surface area contributed by atoms with E-state index in [2.05, 4.69) is 15.5 Å². The second-order valence-corrected chi connectivity index (χ2v) is 7.51. The molecule has 1 N–H and O–H groups in total. The smallest absolute Gasteiger partial charge is 0.261 e. The van der Waals surface area contributed by atoms with E-state index in [9.17, 15) is 9.18 Å². The summed E-state index contributed by atoms with van der Waals surface area (Å²) < 4.78 is 24.0. The van der Waals surface area contributed by atoms with Gasteiger partial charge in [-0.2, -0.15) is 0 Å². The van der Waals surface area contributed by atoms with Crippen LogP contribution in [-0.4, -0.2) is 30.3 Å². The van der Waals surface area contributed by atoms with Crippen LogP contribution < -0.4 is 14.8 Å². The van der Waals surface area contributed by atoms with Gasteiger partial charge in [0.15, 0.2) is 4.34 Å². The molecule has 0 saturated heterocycles. The van der Waals surface area contributed by atoms with Gasteiger partial charge >= 0.3 is 0 Å². The van der Waals surface area contributed by atoms with E-state index in [0.29, 0.717) is 32.3 Å². The Balaban J connectivity index is 1.65. The molecule has 27 heavy (non-hydrogen) atoms. The first-order valence-corrected chi connectivity index (χ1v) is 9.63. The molecule has 0 aliphatic heterocycles. The molecule has 1 aromatic heterocycles. The molecule has 0 aliphatic carbocycles. The number of aromatic nitrogens is 2. The topological polar surface area (TPSA) is 73.3 Å². The SMILES string of the molecule is COc1ccc(OC)c(C(=O)Nc2nnc(SCc3ccc(F)cc3)s2)c1. The second kappa shape index (κ2) is 8.83. The highest BCUT2D eigenvalue weighted by Gasteiger charge is 2.16. The summed E-state index contributed by atoms with van der Waals surface area (Å²) in [4.78, 5) is 12.5. The molecule has 2 aromatic carbocycles. The lowest BCUT2D eigenvalue weighted by molar-refractivity contribution is 0.102. The van der Waals surface area contributed by atoms with Gasteiger partial charge in [0, 0.05) is 5.75 Å². The molecular weight excluding hydrogens is 389 g/mol. The number of anilines is 1. The maximum atomic E-state index is 12.9. The van der Waals surface area contributed by atoms with E-state index in [0.717, 1.165) is 5.56 Å². The quantitative estimate of drug-likeness (QED) is 0.468. The zero-order valence-electron chi connectivity index (χ0n) is 14.6. The van der Waals surface area contributed by atoms with Crippen LogP contribution in [0.1, 0.15) is 15.9 Å². The second-order valence-electron chi connectivity index (χ2n) is 5.31. The monoisotopic (exact) mass is 405 g/mol. The lowest BCUT2D eigenvalue weighted by Crippen LogP contribution is -2.13. The average Bonchev–Trinajstić information content (AvgIpc) is 3.14. The van der Waals surface area contributed by atoms with Crippen molar-refractivity contribution < 1.29 is 18.7 Å². The van der Waals surface area contributed by atoms with Crippen molar-refractivity contribution in [2.75, 3.05) is 19.5 Å². The summed E-state index contributed by atoms with van der Waals surface area (Å²) in [6, 6.07) is 11.3. The van der Waals surface area contributed by atoms with Crippen LogP contribution in [0.15, 0.2) is 46.8 Å². The van der Waals surface area contributed by atoms with Crippen molar-refractivity contribution in [3.05, 3.63) is 59.4 Å². The number of methoxy groups -OCH3 is 2. The van der Waals surface area contributed by atoms with Crippen molar-refractivity contribution in [1.82, 2.24) is 10.2 Å². The van der Waals surface area contributed by atoms with Crippen molar-refractivity contribution in [2.24, 2.45) is 0 Å². The van der Waals surface area contributed by atoms with E-state index in [4.69, 9.17) is 9.47 Å². The molecule has 0 unspecified atom stereocenters. The van der Waals surface area contributed by atoms with Crippen LogP contribution in [0, 0.1) is 5.82 Å². The van der Waals surface area contributed by atoms with E-state index < -0.39 is 0 Å². The zero-order chi connectivity index (χ0) is 19.2. The molecule has 3 aromatic rings. The number of amides is 1. The number of ether oxygens (including phenoxy) is 2. The molecule has 0 spiro atoms. The van der Waals surface area contributed by atoms with Gasteiger partial charge in [-0.3, -0.25) is 10.1 Å². The molecule has 0 atom stereocenters.